The van der Waals surface area contributed by atoms with Crippen LogP contribution in [0.25, 0.3) is 0 Å². The Morgan fingerprint density at radius 2 is 1.39 bits per heavy atom. The molecule has 3 amide bonds. The summed E-state index contributed by atoms with van der Waals surface area (Å²) in [4.78, 5) is 62.8. The lowest BCUT2D eigenvalue weighted by Gasteiger charge is -2.46. The minimum absolute atomic E-state index is 0.0344. The highest BCUT2D eigenvalue weighted by molar-refractivity contribution is 6.23. The van der Waals surface area contributed by atoms with E-state index in [2.05, 4.69) is 5.32 Å². The fourth-order valence-electron chi connectivity index (χ4n) is 8.88. The lowest BCUT2D eigenvalue weighted by atomic mass is 9.65. The predicted octanol–water partition coefficient (Wildman–Crippen LogP) is 5.69. The molecule has 2 fully saturated rings. The molecular formula is C45H41N3O9. The maximum Gasteiger partial charge on any atom is 0.421 e. The van der Waals surface area contributed by atoms with Gasteiger partial charge in [0, 0.05) is 13.7 Å². The number of imide groups is 1. The lowest BCUT2D eigenvalue weighted by molar-refractivity contribution is -0.178. The molecule has 0 aliphatic carbocycles. The number of anilines is 1. The van der Waals surface area contributed by atoms with Crippen LogP contribution in [0.15, 0.2) is 140 Å². The fourth-order valence-corrected chi connectivity index (χ4v) is 8.88. The average Bonchev–Trinajstić information content (AvgIpc) is 3.70. The second-order valence-corrected chi connectivity index (χ2v) is 14.3. The summed E-state index contributed by atoms with van der Waals surface area (Å²) in [6.07, 6.45) is -2.98. The fraction of sp³-hybridized carbons (Fsp3) is 0.244. The van der Waals surface area contributed by atoms with Crippen LogP contribution in [-0.2, 0) is 34.0 Å². The summed E-state index contributed by atoms with van der Waals surface area (Å²) in [6, 6.07) is 37.2. The topological polar surface area (TPSA) is 155 Å². The van der Waals surface area contributed by atoms with E-state index in [1.54, 1.807) is 60.7 Å². The Morgan fingerprint density at radius 3 is 2.05 bits per heavy atom. The van der Waals surface area contributed by atoms with Gasteiger partial charge in [-0.3, -0.25) is 19.3 Å². The van der Waals surface area contributed by atoms with Crippen LogP contribution in [0.2, 0.25) is 0 Å². The van der Waals surface area contributed by atoms with E-state index in [0.29, 0.717) is 22.3 Å². The molecule has 3 aliphatic heterocycles. The number of hydrogen-bond acceptors (Lipinski definition) is 10. The number of nitrogens with zero attached hydrogens (tertiary/aromatic N) is 2. The number of phenols is 1. The smallest absolute Gasteiger partial charge is 0.421 e. The van der Waals surface area contributed by atoms with E-state index in [-0.39, 0.29) is 31.2 Å². The van der Waals surface area contributed by atoms with Gasteiger partial charge < -0.3 is 29.7 Å². The Bertz CT molecular complexity index is 2260. The number of carbonyl (C=O) groups is 4. The molecule has 7 atom stereocenters. The molecule has 1 spiro atoms. The largest absolute Gasteiger partial charge is 0.508 e. The van der Waals surface area contributed by atoms with Crippen LogP contribution in [0.3, 0.4) is 0 Å². The highest BCUT2D eigenvalue weighted by atomic mass is 16.6. The first-order valence-electron chi connectivity index (χ1n) is 18.7. The van der Waals surface area contributed by atoms with E-state index in [0.717, 1.165) is 10.5 Å². The van der Waals surface area contributed by atoms with Gasteiger partial charge in [-0.15, -0.1) is 0 Å². The van der Waals surface area contributed by atoms with Crippen molar-refractivity contribution in [1.82, 2.24) is 10.2 Å². The molecule has 12 nitrogen and oxygen atoms in total. The Balaban J connectivity index is 1.38. The third kappa shape index (κ3) is 6.41. The van der Waals surface area contributed by atoms with Crippen molar-refractivity contribution in [1.29, 1.82) is 0 Å². The summed E-state index contributed by atoms with van der Waals surface area (Å²) in [5.41, 5.74) is 1.05. The van der Waals surface area contributed by atoms with E-state index in [9.17, 15) is 19.8 Å². The number of hydrogen-bond donors (Lipinski definition) is 3. The first kappa shape index (κ1) is 37.6. The Labute approximate surface area is 329 Å². The highest BCUT2D eigenvalue weighted by Crippen LogP contribution is 2.65. The molecular weight excluding hydrogens is 727 g/mol. The number of methoxy groups -OCH3 is 1. The lowest BCUT2D eigenvalue weighted by Crippen LogP contribution is -2.56. The van der Waals surface area contributed by atoms with Crippen molar-refractivity contribution in [3.63, 3.8) is 0 Å². The third-order valence-corrected chi connectivity index (χ3v) is 11.2. The zero-order valence-electron chi connectivity index (χ0n) is 31.0. The van der Waals surface area contributed by atoms with Crippen LogP contribution in [0.4, 0.5) is 10.5 Å². The molecule has 0 aromatic heterocycles. The van der Waals surface area contributed by atoms with Crippen LogP contribution in [0.5, 0.6) is 5.75 Å². The maximum atomic E-state index is 15.8. The van der Waals surface area contributed by atoms with Crippen molar-refractivity contribution < 1.29 is 43.6 Å². The van der Waals surface area contributed by atoms with Crippen LogP contribution in [0.1, 0.15) is 52.1 Å². The number of aliphatic hydroxyl groups is 1. The van der Waals surface area contributed by atoms with E-state index in [1.807, 2.05) is 71.6 Å². The second kappa shape index (κ2) is 15.7. The minimum atomic E-state index is -1.96. The first-order valence-corrected chi connectivity index (χ1v) is 18.7. The SMILES string of the molecule is COCCOC(=O)N1C(=O)[C@@]2(c3ccccc31)[C@H](C(=O)NC[C@H](O)c1ccccc1)[C@H]1C(=O)O[C@H](c3ccccc3)[C@H](c3ccccc3)N1[C@@H]2c1ccc(O)cc1. The van der Waals surface area contributed by atoms with Gasteiger partial charge in [0.25, 0.3) is 0 Å². The zero-order valence-corrected chi connectivity index (χ0v) is 31.0. The molecule has 5 aromatic carbocycles. The number of para-hydroxylation sites is 1. The Morgan fingerprint density at radius 1 is 0.772 bits per heavy atom. The number of aromatic hydroxyl groups is 1. The number of phenolic OH excluding ortho intramolecular Hbond substituents is 1. The normalized spacial score (nSPS) is 24.4. The van der Waals surface area contributed by atoms with Gasteiger partial charge in [-0.05, 0) is 46.0 Å². The standard InChI is InChI=1S/C45H41N3O9/c1-55-25-26-56-44(54)47-34-20-12-11-19-33(34)45(43(47)53)36(41(51)46-27-35(50)28-13-5-2-6-14-28)38-42(52)57-39(30-17-9-4-10-18-30)37(29-15-7-3-8-16-29)48(38)40(45)31-21-23-32(49)24-22-31/h2-24,35-40,49-50H,25-27H2,1H3,(H,46,51)/t35-,36-,37-,38-,39+,40+,45-/m0/s1. The monoisotopic (exact) mass is 767 g/mol. The van der Waals surface area contributed by atoms with Crippen molar-refractivity contribution >= 4 is 29.6 Å². The minimum Gasteiger partial charge on any atom is -0.508 e. The number of ether oxygens (including phenoxy) is 3. The van der Waals surface area contributed by atoms with Gasteiger partial charge in [0.2, 0.25) is 11.8 Å². The van der Waals surface area contributed by atoms with Crippen molar-refractivity contribution in [3.05, 3.63) is 167 Å². The van der Waals surface area contributed by atoms with Gasteiger partial charge in [0.05, 0.1) is 36.4 Å². The highest BCUT2D eigenvalue weighted by Gasteiger charge is 2.75. The number of benzene rings is 5. The molecule has 8 rings (SSSR count). The maximum absolute atomic E-state index is 15.8. The number of cyclic esters (lactones) is 1. The van der Waals surface area contributed by atoms with Gasteiger partial charge >= 0.3 is 12.1 Å². The van der Waals surface area contributed by atoms with Crippen LogP contribution in [0, 0.1) is 5.92 Å². The predicted molar refractivity (Wildman–Crippen MR) is 208 cm³/mol. The van der Waals surface area contributed by atoms with Crippen molar-refractivity contribution in [2.75, 3.05) is 31.8 Å². The molecule has 0 unspecified atom stereocenters. The number of amides is 3. The van der Waals surface area contributed by atoms with Gasteiger partial charge in [-0.2, -0.15) is 0 Å². The molecule has 0 radical (unpaired) electrons. The Kier molecular flexibility index (Phi) is 10.3. The second-order valence-electron chi connectivity index (χ2n) is 14.3. The molecule has 3 aliphatic rings. The van der Waals surface area contributed by atoms with Gasteiger partial charge in [-0.25, -0.2) is 9.69 Å². The van der Waals surface area contributed by atoms with E-state index in [1.165, 1.54) is 19.2 Å². The Hall–Kier alpha value is -6.34. The number of fused-ring (bicyclic) bond motifs is 3. The summed E-state index contributed by atoms with van der Waals surface area (Å²) >= 11 is 0. The number of esters is 1. The molecule has 3 N–H and O–H groups in total. The summed E-state index contributed by atoms with van der Waals surface area (Å²) in [7, 11) is 1.46. The van der Waals surface area contributed by atoms with Crippen molar-refractivity contribution in [2.24, 2.45) is 5.92 Å². The average molecular weight is 768 g/mol. The van der Waals surface area contributed by atoms with E-state index < -0.39 is 65.5 Å². The number of carbonyl (C=O) groups excluding carboxylic acids is 4. The van der Waals surface area contributed by atoms with Crippen molar-refractivity contribution in [3.8, 4) is 5.75 Å². The van der Waals surface area contributed by atoms with Crippen LogP contribution >= 0.6 is 0 Å². The van der Waals surface area contributed by atoms with E-state index in [4.69, 9.17) is 14.2 Å². The number of rotatable bonds is 10. The van der Waals surface area contributed by atoms with Crippen LogP contribution in [-0.4, -0.2) is 71.9 Å². The van der Waals surface area contributed by atoms with E-state index >= 15 is 9.59 Å². The molecule has 5 aromatic rings. The molecule has 12 heteroatoms. The number of aliphatic hydroxyl groups excluding tert-OH is 1. The summed E-state index contributed by atoms with van der Waals surface area (Å²) in [6.45, 7) is -0.311. The van der Waals surface area contributed by atoms with Gasteiger partial charge in [0.1, 0.15) is 29.9 Å². The molecule has 3 heterocycles. The molecule has 0 saturated carbocycles. The quantitative estimate of drug-likeness (QED) is 0.119. The summed E-state index contributed by atoms with van der Waals surface area (Å²) in [5.74, 6) is -3.78. The van der Waals surface area contributed by atoms with Crippen LogP contribution < -0.4 is 10.2 Å². The molecule has 57 heavy (non-hydrogen) atoms. The van der Waals surface area contributed by atoms with Gasteiger partial charge in [-0.1, -0.05) is 121 Å². The van der Waals surface area contributed by atoms with Gasteiger partial charge in [0.15, 0.2) is 0 Å². The number of morpholine rings is 1. The third-order valence-electron chi connectivity index (χ3n) is 11.2. The van der Waals surface area contributed by atoms with Crippen molar-refractivity contribution in [2.45, 2.75) is 35.7 Å². The summed E-state index contributed by atoms with van der Waals surface area (Å²) in [5, 5.41) is 24.6. The zero-order chi connectivity index (χ0) is 39.7. The molecule has 290 valence electrons. The number of nitrogens with one attached hydrogen (secondary N) is 1. The summed E-state index contributed by atoms with van der Waals surface area (Å²) < 4.78 is 17.1. The molecule has 2 saturated heterocycles. The first-order chi connectivity index (χ1) is 27.8. The molecule has 0 bridgehead atoms.